The summed E-state index contributed by atoms with van der Waals surface area (Å²) in [7, 11) is 4.90. The number of rotatable bonds is 5. The molecule has 106 valence electrons. The fourth-order valence-electron chi connectivity index (χ4n) is 2.40. The summed E-state index contributed by atoms with van der Waals surface area (Å²) in [5.74, 6) is 0.455. The Bertz CT molecular complexity index is 417. The number of thiol groups is 1. The molecule has 1 fully saturated rings. The van der Waals surface area contributed by atoms with Crippen LogP contribution in [-0.2, 0) is 6.54 Å². The van der Waals surface area contributed by atoms with E-state index < -0.39 is 0 Å². The Hall–Kier alpha value is -0.0400. The molecule has 0 aliphatic carbocycles. The van der Waals surface area contributed by atoms with Crippen molar-refractivity contribution in [2.24, 2.45) is 0 Å². The average molecular weight is 319 g/mol. The maximum atomic E-state index is 13.9. The Balaban J connectivity index is 2.04. The van der Waals surface area contributed by atoms with E-state index in [2.05, 4.69) is 16.6 Å². The molecule has 1 aromatic carbocycles. The van der Waals surface area contributed by atoms with Gasteiger partial charge in [-0.3, -0.25) is 4.90 Å². The molecule has 1 aliphatic heterocycles. The summed E-state index contributed by atoms with van der Waals surface area (Å²) in [6.45, 7) is 2.62. The molecule has 1 aliphatic rings. The van der Waals surface area contributed by atoms with Gasteiger partial charge in [0.15, 0.2) is 0 Å². The molecule has 1 heterocycles. The second-order valence-electron chi connectivity index (χ2n) is 4.59. The number of hydrogen-bond acceptors (Lipinski definition) is 5. The Morgan fingerprint density at radius 1 is 1.53 bits per heavy atom. The van der Waals surface area contributed by atoms with Gasteiger partial charge in [0, 0.05) is 23.9 Å². The third kappa shape index (κ3) is 4.21. The van der Waals surface area contributed by atoms with Crippen LogP contribution >= 0.6 is 32.3 Å². The molecule has 6 heteroatoms. The SMILES string of the molecule is COc1cccc(F)c1CN1CCCC(SSS)C1. The van der Waals surface area contributed by atoms with Gasteiger partial charge in [0.1, 0.15) is 11.6 Å². The molecule has 19 heavy (non-hydrogen) atoms. The highest BCUT2D eigenvalue weighted by Gasteiger charge is 2.22. The van der Waals surface area contributed by atoms with Crippen molar-refractivity contribution in [1.82, 2.24) is 4.90 Å². The number of methoxy groups -OCH3 is 1. The van der Waals surface area contributed by atoms with Crippen molar-refractivity contribution in [2.45, 2.75) is 24.6 Å². The molecule has 0 amide bonds. The van der Waals surface area contributed by atoms with E-state index in [-0.39, 0.29) is 5.82 Å². The molecule has 1 atom stereocenters. The third-order valence-electron chi connectivity index (χ3n) is 3.32. The molecule has 0 N–H and O–H groups in total. The minimum atomic E-state index is -0.183. The first-order valence-corrected chi connectivity index (χ1v) is 9.51. The van der Waals surface area contributed by atoms with Crippen LogP contribution in [0.2, 0.25) is 0 Å². The Morgan fingerprint density at radius 2 is 2.37 bits per heavy atom. The Morgan fingerprint density at radius 3 is 3.11 bits per heavy atom. The quantitative estimate of drug-likeness (QED) is 0.649. The molecule has 2 rings (SSSR count). The Kier molecular flexibility index (Phi) is 6.19. The maximum Gasteiger partial charge on any atom is 0.131 e. The lowest BCUT2D eigenvalue weighted by Crippen LogP contribution is -2.36. The molecule has 0 spiro atoms. The van der Waals surface area contributed by atoms with Gasteiger partial charge in [-0.15, -0.1) is 0 Å². The van der Waals surface area contributed by atoms with E-state index in [1.165, 1.54) is 22.3 Å². The van der Waals surface area contributed by atoms with Crippen molar-refractivity contribution in [3.05, 3.63) is 29.6 Å². The van der Waals surface area contributed by atoms with Crippen LogP contribution in [0.25, 0.3) is 0 Å². The zero-order valence-corrected chi connectivity index (χ0v) is 13.4. The summed E-state index contributed by atoms with van der Waals surface area (Å²) in [5.41, 5.74) is 0.661. The number of ether oxygens (including phenoxy) is 1. The van der Waals surface area contributed by atoms with Crippen molar-refractivity contribution < 1.29 is 9.13 Å². The van der Waals surface area contributed by atoms with Crippen molar-refractivity contribution in [3.63, 3.8) is 0 Å². The van der Waals surface area contributed by atoms with E-state index >= 15 is 0 Å². The minimum absolute atomic E-state index is 0.183. The molecule has 0 saturated carbocycles. The molecule has 0 bridgehead atoms. The highest BCUT2D eigenvalue weighted by Crippen LogP contribution is 2.35. The van der Waals surface area contributed by atoms with Crippen LogP contribution in [0, 0.1) is 5.82 Å². The lowest BCUT2D eigenvalue weighted by Gasteiger charge is -2.32. The van der Waals surface area contributed by atoms with Crippen molar-refractivity contribution in [1.29, 1.82) is 0 Å². The summed E-state index contributed by atoms with van der Waals surface area (Å²) in [6.07, 6.45) is 2.37. The smallest absolute Gasteiger partial charge is 0.131 e. The van der Waals surface area contributed by atoms with Gasteiger partial charge in [-0.25, -0.2) is 4.39 Å². The lowest BCUT2D eigenvalue weighted by atomic mass is 10.1. The highest BCUT2D eigenvalue weighted by atomic mass is 33.5. The summed E-state index contributed by atoms with van der Waals surface area (Å²) in [6, 6.07) is 5.00. The second-order valence-corrected chi connectivity index (χ2v) is 7.97. The van der Waals surface area contributed by atoms with Crippen LogP contribution in [0.5, 0.6) is 5.75 Å². The first-order valence-electron chi connectivity index (χ1n) is 6.25. The van der Waals surface area contributed by atoms with E-state index in [1.54, 1.807) is 24.0 Å². The predicted molar refractivity (Wildman–Crippen MR) is 85.4 cm³/mol. The van der Waals surface area contributed by atoms with E-state index in [9.17, 15) is 4.39 Å². The fraction of sp³-hybridized carbons (Fsp3) is 0.538. The number of piperidine rings is 1. The number of likely N-dealkylation sites (tertiary alicyclic amines) is 1. The number of halogens is 1. The molecule has 1 aromatic rings. The van der Waals surface area contributed by atoms with Crippen LogP contribution in [0.3, 0.4) is 0 Å². The zero-order valence-electron chi connectivity index (χ0n) is 10.8. The van der Waals surface area contributed by atoms with Crippen molar-refractivity contribution >= 4 is 32.3 Å². The molecule has 1 saturated heterocycles. The van der Waals surface area contributed by atoms with Gasteiger partial charge in [-0.1, -0.05) is 28.5 Å². The van der Waals surface area contributed by atoms with Gasteiger partial charge < -0.3 is 4.74 Å². The summed E-state index contributed by atoms with van der Waals surface area (Å²) < 4.78 is 19.2. The first kappa shape index (κ1) is 15.4. The van der Waals surface area contributed by atoms with Gasteiger partial charge in [0.2, 0.25) is 0 Å². The lowest BCUT2D eigenvalue weighted by molar-refractivity contribution is 0.220. The topological polar surface area (TPSA) is 12.5 Å². The van der Waals surface area contributed by atoms with Crippen LogP contribution in [-0.4, -0.2) is 30.3 Å². The van der Waals surface area contributed by atoms with Gasteiger partial charge in [-0.2, -0.15) is 0 Å². The number of nitrogens with zero attached hydrogens (tertiary/aromatic N) is 1. The highest BCUT2D eigenvalue weighted by molar-refractivity contribution is 9.05. The Labute approximate surface area is 126 Å². The normalized spacial score (nSPS) is 20.5. The second kappa shape index (κ2) is 7.67. The third-order valence-corrected chi connectivity index (χ3v) is 5.91. The van der Waals surface area contributed by atoms with Gasteiger partial charge >= 0.3 is 0 Å². The fourth-order valence-corrected chi connectivity index (χ4v) is 4.99. The number of hydrogen-bond donors (Lipinski definition) is 1. The first-order chi connectivity index (χ1) is 9.24. The maximum absolute atomic E-state index is 13.9. The number of benzene rings is 1. The molecule has 1 unspecified atom stereocenters. The molecule has 0 radical (unpaired) electrons. The molecule has 2 nitrogen and oxygen atoms in total. The van der Waals surface area contributed by atoms with Gasteiger partial charge in [0.25, 0.3) is 0 Å². The van der Waals surface area contributed by atoms with Crippen molar-refractivity contribution in [3.8, 4) is 5.75 Å². The van der Waals surface area contributed by atoms with Crippen LogP contribution in [0.1, 0.15) is 18.4 Å². The van der Waals surface area contributed by atoms with Gasteiger partial charge in [0.05, 0.1) is 7.11 Å². The monoisotopic (exact) mass is 319 g/mol. The van der Waals surface area contributed by atoms with E-state index in [0.717, 1.165) is 19.5 Å². The minimum Gasteiger partial charge on any atom is -0.496 e. The van der Waals surface area contributed by atoms with E-state index in [1.807, 2.05) is 6.07 Å². The molecule has 0 aromatic heterocycles. The zero-order chi connectivity index (χ0) is 13.7. The van der Waals surface area contributed by atoms with Crippen LogP contribution < -0.4 is 4.74 Å². The summed E-state index contributed by atoms with van der Waals surface area (Å²) in [5, 5.41) is 0.578. The van der Waals surface area contributed by atoms with E-state index in [4.69, 9.17) is 4.74 Å². The van der Waals surface area contributed by atoms with Crippen LogP contribution in [0.15, 0.2) is 18.2 Å². The van der Waals surface area contributed by atoms with E-state index in [0.29, 0.717) is 23.1 Å². The average Bonchev–Trinajstić information content (AvgIpc) is 2.42. The van der Waals surface area contributed by atoms with Crippen LogP contribution in [0.4, 0.5) is 4.39 Å². The molecular weight excluding hydrogens is 301 g/mol. The summed E-state index contributed by atoms with van der Waals surface area (Å²) >= 11 is 4.19. The predicted octanol–water partition coefficient (Wildman–Crippen LogP) is 4.02. The molecular formula is C13H18FNOS3. The largest absolute Gasteiger partial charge is 0.496 e. The summed E-state index contributed by atoms with van der Waals surface area (Å²) in [4.78, 5) is 2.30. The van der Waals surface area contributed by atoms with Gasteiger partial charge in [-0.05, 0) is 41.3 Å². The van der Waals surface area contributed by atoms with Crippen molar-refractivity contribution in [2.75, 3.05) is 20.2 Å². The standard InChI is InChI=1S/C13H18FNOS3/c1-16-13-6-2-5-12(14)11(13)9-15-7-3-4-10(8-15)18-19-17/h2,5-6,10,17H,3-4,7-9H2,1H3.